The molecule has 0 aliphatic heterocycles. The number of rotatable bonds is 3. The van der Waals surface area contributed by atoms with Gasteiger partial charge in [0.1, 0.15) is 11.2 Å². The molecule has 0 unspecified atom stereocenters. The van der Waals surface area contributed by atoms with Crippen LogP contribution in [0.25, 0.3) is 98.4 Å². The maximum Gasteiger partial charge on any atom is 0.204 e. The summed E-state index contributed by atoms with van der Waals surface area (Å²) >= 11 is 0. The number of furan rings is 1. The maximum atomic E-state index is 11.8. The number of hydrogen-bond donors (Lipinski definition) is 8. The van der Waals surface area contributed by atoms with E-state index in [0.29, 0.717) is 33.1 Å². The molecule has 1 aromatic heterocycles. The summed E-state index contributed by atoms with van der Waals surface area (Å²) in [6.07, 6.45) is 0. The number of phenolic OH excluding ortho intramolecular Hbond substituents is 8. The van der Waals surface area contributed by atoms with Crippen molar-refractivity contribution in [2.45, 2.75) is 0 Å². The fourth-order valence-corrected chi connectivity index (χ4v) is 8.11. The first-order valence-corrected chi connectivity index (χ1v) is 17.3. The molecule has 9 heteroatoms. The van der Waals surface area contributed by atoms with Gasteiger partial charge in [-0.25, -0.2) is 0 Å². The number of phenols is 8. The molecule has 0 saturated carbocycles. The van der Waals surface area contributed by atoms with Crippen LogP contribution in [0, 0.1) is 0 Å². The average Bonchev–Trinajstić information content (AvgIpc) is 3.59. The number of hydrogen-bond acceptors (Lipinski definition) is 9. The van der Waals surface area contributed by atoms with E-state index in [-0.39, 0.29) is 32.7 Å². The van der Waals surface area contributed by atoms with Crippen molar-refractivity contribution in [2.24, 2.45) is 0 Å². The maximum absolute atomic E-state index is 11.8. The monoisotopic (exact) mass is 724 g/mol. The topological polar surface area (TPSA) is 175 Å². The van der Waals surface area contributed by atoms with Gasteiger partial charge in [-0.2, -0.15) is 0 Å². The van der Waals surface area contributed by atoms with Gasteiger partial charge in [-0.1, -0.05) is 91.0 Å². The van der Waals surface area contributed by atoms with Gasteiger partial charge < -0.3 is 45.3 Å². The lowest BCUT2D eigenvalue weighted by Crippen LogP contribution is -1.95. The molecule has 0 spiro atoms. The van der Waals surface area contributed by atoms with Gasteiger partial charge >= 0.3 is 0 Å². The smallest absolute Gasteiger partial charge is 0.204 e. The summed E-state index contributed by atoms with van der Waals surface area (Å²) in [5.74, 6) is -7.52. The standard InChI is InChI=1S/C46H28O9/c47-39-35-32(27-16-15-25-17-24(13-14-26(25)18-27)21-7-2-1-3-8-21)36-38(42(50)46(54)44(52)40(36)48)34(37(35)41(49)45(53)43(39)51)28-11-6-12-30-33(28)29-19-22-9-4-5-10-23(22)20-31(29)55-30/h1-20,47-54H. The summed E-state index contributed by atoms with van der Waals surface area (Å²) in [5.41, 5.74) is 3.49. The molecule has 0 fully saturated rings. The molecule has 1 heterocycles. The largest absolute Gasteiger partial charge is 0.504 e. The summed E-state index contributed by atoms with van der Waals surface area (Å²) in [6, 6.07) is 37.5. The number of aromatic hydroxyl groups is 8. The highest BCUT2D eigenvalue weighted by Gasteiger charge is 2.33. The van der Waals surface area contributed by atoms with Gasteiger partial charge in [0.25, 0.3) is 0 Å². The molecule has 0 saturated heterocycles. The zero-order chi connectivity index (χ0) is 37.9. The van der Waals surface area contributed by atoms with Crippen LogP contribution in [0.3, 0.4) is 0 Å². The number of fused-ring (bicyclic) bond motifs is 7. The lowest BCUT2D eigenvalue weighted by Gasteiger charge is -2.23. The third-order valence-corrected chi connectivity index (χ3v) is 10.7. The van der Waals surface area contributed by atoms with E-state index in [1.165, 1.54) is 0 Å². The summed E-state index contributed by atoms with van der Waals surface area (Å²) < 4.78 is 6.31. The van der Waals surface area contributed by atoms with Crippen LogP contribution in [0.15, 0.2) is 126 Å². The lowest BCUT2D eigenvalue weighted by atomic mass is 9.82. The van der Waals surface area contributed by atoms with Gasteiger partial charge in [0.15, 0.2) is 23.0 Å². The van der Waals surface area contributed by atoms with E-state index in [1.807, 2.05) is 91.0 Å². The molecule has 8 N–H and O–H groups in total. The molecule has 0 atom stereocenters. The first-order valence-electron chi connectivity index (χ1n) is 17.3. The minimum Gasteiger partial charge on any atom is -0.504 e. The molecule has 266 valence electrons. The van der Waals surface area contributed by atoms with Gasteiger partial charge in [0.05, 0.1) is 0 Å². The molecule has 0 bridgehead atoms. The van der Waals surface area contributed by atoms with Crippen molar-refractivity contribution in [2.75, 3.05) is 0 Å². The Labute approximate surface area is 310 Å². The SMILES string of the molecule is Oc1c(O)c(O)c2c(-c3cccc4oc5cc6ccccc6cc5c34)c3c(O)c(O)c(O)c(O)c3c(-c3ccc4cc(-c5ccccc5)ccc4c3)c2c1O. The zero-order valence-corrected chi connectivity index (χ0v) is 28.5. The Kier molecular flexibility index (Phi) is 6.59. The highest BCUT2D eigenvalue weighted by molar-refractivity contribution is 6.31. The van der Waals surface area contributed by atoms with Crippen LogP contribution in [0.5, 0.6) is 46.0 Å². The Balaban J connectivity index is 1.39. The first kappa shape index (κ1) is 31.9. The van der Waals surface area contributed by atoms with Gasteiger partial charge in [0, 0.05) is 43.4 Å². The van der Waals surface area contributed by atoms with Gasteiger partial charge in [-0.05, 0) is 74.1 Å². The van der Waals surface area contributed by atoms with Crippen LogP contribution in [0.4, 0.5) is 0 Å². The molecule has 10 aromatic rings. The molecule has 9 nitrogen and oxygen atoms in total. The van der Waals surface area contributed by atoms with Crippen LogP contribution in [-0.2, 0) is 0 Å². The third-order valence-electron chi connectivity index (χ3n) is 10.7. The van der Waals surface area contributed by atoms with Crippen molar-refractivity contribution in [3.05, 3.63) is 121 Å². The summed E-state index contributed by atoms with van der Waals surface area (Å²) in [5, 5.41) is 95.0. The van der Waals surface area contributed by atoms with Crippen LogP contribution >= 0.6 is 0 Å². The molecular formula is C46H28O9. The van der Waals surface area contributed by atoms with E-state index in [4.69, 9.17) is 4.42 Å². The first-order chi connectivity index (χ1) is 26.6. The van der Waals surface area contributed by atoms with E-state index in [1.54, 1.807) is 30.3 Å². The Morgan fingerprint density at radius 1 is 0.309 bits per heavy atom. The minimum atomic E-state index is -1.04. The summed E-state index contributed by atoms with van der Waals surface area (Å²) in [7, 11) is 0. The van der Waals surface area contributed by atoms with Crippen molar-refractivity contribution in [1.29, 1.82) is 0 Å². The van der Waals surface area contributed by atoms with E-state index in [2.05, 4.69) is 0 Å². The highest BCUT2D eigenvalue weighted by atomic mass is 16.4. The summed E-state index contributed by atoms with van der Waals surface area (Å²) in [6.45, 7) is 0. The third kappa shape index (κ3) is 4.41. The van der Waals surface area contributed by atoms with Crippen LogP contribution < -0.4 is 0 Å². The van der Waals surface area contributed by atoms with Gasteiger partial charge in [-0.15, -0.1) is 0 Å². The quantitative estimate of drug-likeness (QED) is 0.0501. The lowest BCUT2D eigenvalue weighted by molar-refractivity contribution is 0.350. The Morgan fingerprint density at radius 3 is 1.40 bits per heavy atom. The van der Waals surface area contributed by atoms with Crippen LogP contribution in [0.2, 0.25) is 0 Å². The molecule has 0 aliphatic carbocycles. The molecule has 0 radical (unpaired) electrons. The second-order valence-electron chi connectivity index (χ2n) is 13.7. The fraction of sp³-hybridized carbons (Fsp3) is 0. The van der Waals surface area contributed by atoms with E-state index in [0.717, 1.165) is 32.7 Å². The van der Waals surface area contributed by atoms with Gasteiger partial charge in [-0.3, -0.25) is 0 Å². The number of benzene rings is 9. The molecule has 9 aromatic carbocycles. The van der Waals surface area contributed by atoms with Crippen molar-refractivity contribution < 1.29 is 45.3 Å². The minimum absolute atomic E-state index is 0.0239. The van der Waals surface area contributed by atoms with E-state index >= 15 is 0 Å². The molecule has 10 rings (SSSR count). The fourth-order valence-electron chi connectivity index (χ4n) is 8.11. The van der Waals surface area contributed by atoms with E-state index in [9.17, 15) is 40.9 Å². The van der Waals surface area contributed by atoms with Crippen LogP contribution in [-0.4, -0.2) is 40.9 Å². The van der Waals surface area contributed by atoms with Crippen molar-refractivity contribution in [3.8, 4) is 79.4 Å². The summed E-state index contributed by atoms with van der Waals surface area (Å²) in [4.78, 5) is 0. The highest BCUT2D eigenvalue weighted by Crippen LogP contribution is 2.62. The van der Waals surface area contributed by atoms with Crippen LogP contribution in [0.1, 0.15) is 0 Å². The second-order valence-corrected chi connectivity index (χ2v) is 13.7. The van der Waals surface area contributed by atoms with Gasteiger partial charge in [0.2, 0.25) is 23.0 Å². The molecule has 0 aliphatic rings. The van der Waals surface area contributed by atoms with Crippen molar-refractivity contribution in [3.63, 3.8) is 0 Å². The zero-order valence-electron chi connectivity index (χ0n) is 28.5. The Bertz CT molecular complexity index is 3210. The molecule has 55 heavy (non-hydrogen) atoms. The normalized spacial score (nSPS) is 11.9. The Hall–Kier alpha value is -7.78. The predicted octanol–water partition coefficient (Wildman–Crippen LogP) is 10.8. The molecule has 0 amide bonds. The van der Waals surface area contributed by atoms with Crippen molar-refractivity contribution in [1.82, 2.24) is 0 Å². The predicted molar refractivity (Wildman–Crippen MR) is 213 cm³/mol. The molecular weight excluding hydrogens is 696 g/mol. The Morgan fingerprint density at radius 2 is 0.800 bits per heavy atom. The average molecular weight is 725 g/mol. The van der Waals surface area contributed by atoms with E-state index < -0.39 is 46.0 Å². The second kappa shape index (κ2) is 11.4. The van der Waals surface area contributed by atoms with Crippen molar-refractivity contribution >= 4 is 65.0 Å².